The molecule has 0 bridgehead atoms. The van der Waals surface area contributed by atoms with Crippen LogP contribution in [0.25, 0.3) is 0 Å². The van der Waals surface area contributed by atoms with Gasteiger partial charge in [-0.25, -0.2) is 0 Å². The van der Waals surface area contributed by atoms with Crippen molar-refractivity contribution in [2.24, 2.45) is 0 Å². The summed E-state index contributed by atoms with van der Waals surface area (Å²) in [5.41, 5.74) is 1.57. The van der Waals surface area contributed by atoms with Crippen molar-refractivity contribution in [3.8, 4) is 11.5 Å². The Kier molecular flexibility index (Phi) is 8.49. The molecule has 1 atom stereocenters. The zero-order chi connectivity index (χ0) is 24.0. The average molecular weight is 505 g/mol. The van der Waals surface area contributed by atoms with Gasteiger partial charge >= 0.3 is 0 Å². The Balaban J connectivity index is 1.61. The lowest BCUT2D eigenvalue weighted by atomic mass is 10.2. The molecule has 0 fully saturated rings. The van der Waals surface area contributed by atoms with E-state index in [1.54, 1.807) is 55.5 Å². The van der Waals surface area contributed by atoms with Gasteiger partial charge in [0.25, 0.3) is 5.91 Å². The van der Waals surface area contributed by atoms with Crippen molar-refractivity contribution in [2.45, 2.75) is 17.1 Å². The number of thioether (sulfide) groups is 1. The normalized spacial score (nSPS) is 11.4. The van der Waals surface area contributed by atoms with E-state index in [4.69, 9.17) is 32.7 Å². The van der Waals surface area contributed by atoms with Crippen molar-refractivity contribution in [2.75, 3.05) is 24.9 Å². The molecule has 0 aliphatic rings. The highest BCUT2D eigenvalue weighted by molar-refractivity contribution is 8.00. The van der Waals surface area contributed by atoms with Gasteiger partial charge < -0.3 is 20.1 Å². The Hall–Kier alpha value is -2.87. The molecule has 33 heavy (non-hydrogen) atoms. The maximum absolute atomic E-state index is 12.7. The van der Waals surface area contributed by atoms with Gasteiger partial charge in [-0.15, -0.1) is 11.8 Å². The minimum atomic E-state index is -0.400. The van der Waals surface area contributed by atoms with Crippen molar-refractivity contribution in [3.63, 3.8) is 0 Å². The van der Waals surface area contributed by atoms with E-state index in [9.17, 15) is 9.59 Å². The first-order valence-electron chi connectivity index (χ1n) is 9.86. The molecule has 6 nitrogen and oxygen atoms in total. The zero-order valence-corrected chi connectivity index (χ0v) is 20.5. The van der Waals surface area contributed by atoms with Gasteiger partial charge in [-0.1, -0.05) is 29.3 Å². The summed E-state index contributed by atoms with van der Waals surface area (Å²) in [7, 11) is 3.01. The first kappa shape index (κ1) is 24.8. The third-order valence-electron chi connectivity index (χ3n) is 4.61. The molecule has 0 radical (unpaired) electrons. The zero-order valence-electron chi connectivity index (χ0n) is 18.1. The smallest absolute Gasteiger partial charge is 0.255 e. The fourth-order valence-corrected chi connectivity index (χ4v) is 4.20. The Labute approximate surface area is 206 Å². The predicted molar refractivity (Wildman–Crippen MR) is 134 cm³/mol. The molecule has 0 aromatic heterocycles. The van der Waals surface area contributed by atoms with Crippen LogP contribution in [-0.2, 0) is 4.79 Å². The number of hydrogen-bond donors (Lipinski definition) is 2. The molecule has 3 aromatic carbocycles. The van der Waals surface area contributed by atoms with Gasteiger partial charge in [-0.05, 0) is 55.5 Å². The molecular formula is C24H22Cl2N2O4S. The van der Waals surface area contributed by atoms with Gasteiger partial charge in [0.05, 0.1) is 30.2 Å². The van der Waals surface area contributed by atoms with Crippen LogP contribution in [0.3, 0.4) is 0 Å². The summed E-state index contributed by atoms with van der Waals surface area (Å²) >= 11 is 13.5. The number of rotatable bonds is 8. The molecule has 172 valence electrons. The quantitative estimate of drug-likeness (QED) is 0.348. The van der Waals surface area contributed by atoms with Gasteiger partial charge in [-0.3, -0.25) is 9.59 Å². The first-order chi connectivity index (χ1) is 15.8. The molecule has 0 saturated carbocycles. The van der Waals surface area contributed by atoms with Gasteiger partial charge in [0.2, 0.25) is 5.91 Å². The van der Waals surface area contributed by atoms with Crippen LogP contribution in [0.4, 0.5) is 11.4 Å². The van der Waals surface area contributed by atoms with Crippen molar-refractivity contribution >= 4 is 58.2 Å². The van der Waals surface area contributed by atoms with E-state index in [0.717, 1.165) is 4.90 Å². The topological polar surface area (TPSA) is 76.7 Å². The minimum absolute atomic E-state index is 0.210. The van der Waals surface area contributed by atoms with E-state index in [0.29, 0.717) is 38.5 Å². The lowest BCUT2D eigenvalue weighted by Crippen LogP contribution is -2.22. The van der Waals surface area contributed by atoms with Crippen LogP contribution >= 0.6 is 35.0 Å². The van der Waals surface area contributed by atoms with E-state index >= 15 is 0 Å². The Morgan fingerprint density at radius 3 is 2.24 bits per heavy atom. The SMILES string of the molecule is COc1cc(OC)c(NC(=O)C(C)Sc2ccc(NC(=O)c3cccc(Cl)c3)cc2)cc1Cl. The highest BCUT2D eigenvalue weighted by atomic mass is 35.5. The maximum atomic E-state index is 12.7. The number of amides is 2. The molecule has 0 spiro atoms. The van der Waals surface area contributed by atoms with Crippen molar-refractivity contribution in [1.29, 1.82) is 0 Å². The molecule has 0 saturated heterocycles. The number of nitrogens with one attached hydrogen (secondary N) is 2. The van der Waals surface area contributed by atoms with Crippen LogP contribution in [0.1, 0.15) is 17.3 Å². The Bertz CT molecular complexity index is 1160. The first-order valence-corrected chi connectivity index (χ1v) is 11.5. The fourth-order valence-electron chi connectivity index (χ4n) is 2.90. The molecule has 0 aliphatic heterocycles. The molecule has 0 heterocycles. The van der Waals surface area contributed by atoms with Crippen LogP contribution in [0, 0.1) is 0 Å². The summed E-state index contributed by atoms with van der Waals surface area (Å²) in [4.78, 5) is 25.9. The minimum Gasteiger partial charge on any atom is -0.495 e. The van der Waals surface area contributed by atoms with Gasteiger partial charge in [-0.2, -0.15) is 0 Å². The standard InChI is InChI=1S/C24H22Cl2N2O4S/c1-14(23(29)28-20-12-19(26)21(31-2)13-22(20)32-3)33-18-9-7-17(8-10-18)27-24(30)15-5-4-6-16(25)11-15/h4-14H,1-3H3,(H,27,30)(H,28,29). The van der Waals surface area contributed by atoms with E-state index in [1.807, 2.05) is 12.1 Å². The lowest BCUT2D eigenvalue weighted by Gasteiger charge is -2.16. The summed E-state index contributed by atoms with van der Waals surface area (Å²) in [5.74, 6) is 0.439. The average Bonchev–Trinajstić information content (AvgIpc) is 2.80. The van der Waals surface area contributed by atoms with E-state index in [1.165, 1.54) is 26.0 Å². The van der Waals surface area contributed by atoms with Crippen LogP contribution in [-0.4, -0.2) is 31.3 Å². The molecule has 2 amide bonds. The Morgan fingerprint density at radius 1 is 0.909 bits per heavy atom. The van der Waals surface area contributed by atoms with Crippen molar-refractivity contribution < 1.29 is 19.1 Å². The summed E-state index contributed by atoms with van der Waals surface area (Å²) in [6.45, 7) is 1.80. The summed E-state index contributed by atoms with van der Waals surface area (Å²) in [6, 6.07) is 17.2. The van der Waals surface area contributed by atoms with Crippen LogP contribution in [0.5, 0.6) is 11.5 Å². The van der Waals surface area contributed by atoms with E-state index in [2.05, 4.69) is 10.6 Å². The molecule has 2 N–H and O–H groups in total. The van der Waals surface area contributed by atoms with Crippen LogP contribution in [0.15, 0.2) is 65.6 Å². The molecular weight excluding hydrogens is 483 g/mol. The van der Waals surface area contributed by atoms with Gasteiger partial charge in [0.1, 0.15) is 11.5 Å². The maximum Gasteiger partial charge on any atom is 0.255 e. The van der Waals surface area contributed by atoms with Crippen LogP contribution in [0.2, 0.25) is 10.0 Å². The van der Waals surface area contributed by atoms with Gasteiger partial charge in [0, 0.05) is 27.2 Å². The number of methoxy groups -OCH3 is 2. The monoisotopic (exact) mass is 504 g/mol. The largest absolute Gasteiger partial charge is 0.495 e. The molecule has 3 aromatic rings. The second-order valence-electron chi connectivity index (χ2n) is 6.93. The second kappa shape index (κ2) is 11.3. The second-order valence-corrected chi connectivity index (χ2v) is 9.18. The van der Waals surface area contributed by atoms with Crippen molar-refractivity contribution in [3.05, 3.63) is 76.3 Å². The number of hydrogen-bond acceptors (Lipinski definition) is 5. The van der Waals surface area contributed by atoms with Crippen LogP contribution < -0.4 is 20.1 Å². The highest BCUT2D eigenvalue weighted by Gasteiger charge is 2.18. The highest BCUT2D eigenvalue weighted by Crippen LogP contribution is 2.36. The fraction of sp³-hybridized carbons (Fsp3) is 0.167. The predicted octanol–water partition coefficient (Wildman–Crippen LogP) is 6.38. The van der Waals surface area contributed by atoms with E-state index in [-0.39, 0.29) is 11.8 Å². The number of carbonyl (C=O) groups excluding carboxylic acids is 2. The molecule has 0 aliphatic carbocycles. The number of ether oxygens (including phenoxy) is 2. The number of halogens is 2. The number of anilines is 2. The van der Waals surface area contributed by atoms with Crippen molar-refractivity contribution in [1.82, 2.24) is 0 Å². The lowest BCUT2D eigenvalue weighted by molar-refractivity contribution is -0.115. The summed E-state index contributed by atoms with van der Waals surface area (Å²) < 4.78 is 10.5. The third-order valence-corrected chi connectivity index (χ3v) is 6.26. The van der Waals surface area contributed by atoms with E-state index < -0.39 is 5.25 Å². The molecule has 1 unspecified atom stereocenters. The number of benzene rings is 3. The summed E-state index contributed by atoms with van der Waals surface area (Å²) in [6.07, 6.45) is 0. The van der Waals surface area contributed by atoms with Gasteiger partial charge in [0.15, 0.2) is 0 Å². The molecule has 3 rings (SSSR count). The number of carbonyl (C=O) groups is 2. The molecule has 9 heteroatoms. The Morgan fingerprint density at radius 2 is 1.61 bits per heavy atom. The third kappa shape index (κ3) is 6.57. The summed E-state index contributed by atoms with van der Waals surface area (Å²) in [5, 5.41) is 6.13.